The van der Waals surface area contributed by atoms with Crippen molar-refractivity contribution in [3.8, 4) is 0 Å². The fourth-order valence-electron chi connectivity index (χ4n) is 1.47. The maximum atomic E-state index is 10.7. The maximum absolute atomic E-state index is 10.7. The van der Waals surface area contributed by atoms with Crippen molar-refractivity contribution in [2.45, 2.75) is 37.3 Å². The molecule has 1 fully saturated rings. The van der Waals surface area contributed by atoms with Crippen LogP contribution in [0, 0.1) is 0 Å². The van der Waals surface area contributed by atoms with Crippen LogP contribution in [0.5, 0.6) is 0 Å². The Morgan fingerprint density at radius 1 is 1.55 bits per heavy atom. The second-order valence-corrected chi connectivity index (χ2v) is 3.22. The molecule has 0 bridgehead atoms. The fraction of sp³-hybridized carbons (Fsp3) is 0.857. The molecule has 1 aliphatic carbocycles. The number of hydrogen-bond donors (Lipinski definition) is 3. The van der Waals surface area contributed by atoms with Crippen LogP contribution in [0.4, 0.5) is 0 Å². The van der Waals surface area contributed by atoms with Gasteiger partial charge in [0.25, 0.3) is 0 Å². The lowest BCUT2D eigenvalue weighted by atomic mass is 9.80. The van der Waals surface area contributed by atoms with Crippen LogP contribution in [0.15, 0.2) is 0 Å². The molecule has 0 spiro atoms. The van der Waals surface area contributed by atoms with Crippen LogP contribution >= 0.6 is 0 Å². The Morgan fingerprint density at radius 3 is 2.55 bits per heavy atom. The molecule has 64 valence electrons. The van der Waals surface area contributed by atoms with Crippen LogP contribution in [-0.4, -0.2) is 27.8 Å². The quantitative estimate of drug-likeness (QED) is 0.459. The summed E-state index contributed by atoms with van der Waals surface area (Å²) in [7, 11) is 0. The SMILES string of the molecule is [NH3+][C@@]1(C(=O)O)CCCC[C@H]1O. The molecule has 1 rings (SSSR count). The zero-order valence-corrected chi connectivity index (χ0v) is 6.42. The standard InChI is InChI=1S/C7H13NO3/c8-7(6(10)11)4-2-1-3-5(7)9/h5,9H,1-4,8H2,(H,10,11)/p+1/t5-,7+/m1/s1. The van der Waals surface area contributed by atoms with Crippen molar-refractivity contribution in [2.75, 3.05) is 0 Å². The lowest BCUT2D eigenvalue weighted by Gasteiger charge is -2.30. The average molecular weight is 160 g/mol. The van der Waals surface area contributed by atoms with E-state index < -0.39 is 17.6 Å². The van der Waals surface area contributed by atoms with Crippen LogP contribution in [-0.2, 0) is 4.79 Å². The van der Waals surface area contributed by atoms with Gasteiger partial charge in [-0.2, -0.15) is 0 Å². The van der Waals surface area contributed by atoms with E-state index in [0.29, 0.717) is 12.8 Å². The van der Waals surface area contributed by atoms with Gasteiger partial charge in [-0.25, -0.2) is 4.79 Å². The summed E-state index contributed by atoms with van der Waals surface area (Å²) in [5.41, 5.74) is 2.42. The molecule has 0 aromatic carbocycles. The number of carboxylic acid groups (broad SMARTS) is 1. The maximum Gasteiger partial charge on any atom is 0.368 e. The molecule has 1 saturated carbocycles. The van der Waals surface area contributed by atoms with E-state index in [2.05, 4.69) is 5.73 Å². The lowest BCUT2D eigenvalue weighted by Crippen LogP contribution is -2.82. The zero-order chi connectivity index (χ0) is 8.48. The molecule has 0 unspecified atom stereocenters. The molecule has 11 heavy (non-hydrogen) atoms. The van der Waals surface area contributed by atoms with Crippen molar-refractivity contribution >= 4 is 5.97 Å². The summed E-state index contributed by atoms with van der Waals surface area (Å²) in [4.78, 5) is 10.7. The Morgan fingerprint density at radius 2 is 2.18 bits per heavy atom. The lowest BCUT2D eigenvalue weighted by molar-refractivity contribution is -0.485. The molecule has 4 nitrogen and oxygen atoms in total. The van der Waals surface area contributed by atoms with Gasteiger partial charge in [-0.15, -0.1) is 0 Å². The summed E-state index contributed by atoms with van der Waals surface area (Å²) in [6.07, 6.45) is 2.05. The molecule has 5 N–H and O–H groups in total. The molecule has 0 radical (unpaired) electrons. The third-order valence-corrected chi connectivity index (χ3v) is 2.41. The predicted molar refractivity (Wildman–Crippen MR) is 37.7 cm³/mol. The Balaban J connectivity index is 2.72. The van der Waals surface area contributed by atoms with Crippen molar-refractivity contribution in [2.24, 2.45) is 0 Å². The first kappa shape index (κ1) is 8.49. The third-order valence-electron chi connectivity index (χ3n) is 2.41. The third kappa shape index (κ3) is 1.36. The number of rotatable bonds is 1. The number of quaternary nitrogens is 1. The van der Waals surface area contributed by atoms with E-state index in [4.69, 9.17) is 5.11 Å². The first-order chi connectivity index (χ1) is 5.07. The van der Waals surface area contributed by atoms with Gasteiger partial charge in [-0.3, -0.25) is 0 Å². The molecule has 0 amide bonds. The van der Waals surface area contributed by atoms with Crippen molar-refractivity contribution in [1.29, 1.82) is 0 Å². The normalized spacial score (nSPS) is 38.5. The van der Waals surface area contributed by atoms with Crippen molar-refractivity contribution < 1.29 is 20.7 Å². The molecule has 1 aliphatic rings. The van der Waals surface area contributed by atoms with Crippen LogP contribution in [0.3, 0.4) is 0 Å². The van der Waals surface area contributed by atoms with Gasteiger partial charge < -0.3 is 15.9 Å². The monoisotopic (exact) mass is 160 g/mol. The van der Waals surface area contributed by atoms with Gasteiger partial charge in [0.1, 0.15) is 6.10 Å². The first-order valence-corrected chi connectivity index (χ1v) is 3.84. The first-order valence-electron chi connectivity index (χ1n) is 3.84. The van der Waals surface area contributed by atoms with E-state index >= 15 is 0 Å². The van der Waals surface area contributed by atoms with Gasteiger partial charge in [0.2, 0.25) is 5.54 Å². The van der Waals surface area contributed by atoms with Gasteiger partial charge in [0, 0.05) is 6.42 Å². The number of hydrogen-bond acceptors (Lipinski definition) is 2. The van der Waals surface area contributed by atoms with Gasteiger partial charge in [-0.1, -0.05) is 6.42 Å². The molecular formula is C7H14NO3+. The van der Waals surface area contributed by atoms with E-state index in [9.17, 15) is 9.90 Å². The summed E-state index contributed by atoms with van der Waals surface area (Å²) in [5.74, 6) is -0.982. The smallest absolute Gasteiger partial charge is 0.368 e. The van der Waals surface area contributed by atoms with Gasteiger partial charge in [-0.05, 0) is 12.8 Å². The minimum absolute atomic E-state index is 0.490. The van der Waals surface area contributed by atoms with Gasteiger partial charge in [0.05, 0.1) is 0 Å². The second-order valence-electron chi connectivity index (χ2n) is 3.22. The molecule has 0 saturated heterocycles. The average Bonchev–Trinajstić information content (AvgIpc) is 1.95. The highest BCUT2D eigenvalue weighted by Gasteiger charge is 2.47. The second kappa shape index (κ2) is 2.79. The van der Waals surface area contributed by atoms with E-state index in [1.165, 1.54) is 0 Å². The molecule has 0 heterocycles. The topological polar surface area (TPSA) is 85.2 Å². The molecule has 0 aromatic rings. The highest BCUT2D eigenvalue weighted by atomic mass is 16.4. The van der Waals surface area contributed by atoms with E-state index in [1.54, 1.807) is 0 Å². The Kier molecular flexibility index (Phi) is 2.15. The summed E-state index contributed by atoms with van der Waals surface area (Å²) in [5, 5.41) is 18.1. The van der Waals surface area contributed by atoms with E-state index in [1.807, 2.05) is 0 Å². The van der Waals surface area contributed by atoms with Crippen LogP contribution < -0.4 is 5.73 Å². The van der Waals surface area contributed by atoms with Crippen molar-refractivity contribution in [3.05, 3.63) is 0 Å². The number of carboxylic acids is 1. The number of aliphatic hydroxyl groups is 1. The van der Waals surface area contributed by atoms with Crippen LogP contribution in [0.25, 0.3) is 0 Å². The van der Waals surface area contributed by atoms with Crippen molar-refractivity contribution in [3.63, 3.8) is 0 Å². The summed E-state index contributed by atoms with van der Waals surface area (Å²) in [6.45, 7) is 0. The summed E-state index contributed by atoms with van der Waals surface area (Å²) < 4.78 is 0. The summed E-state index contributed by atoms with van der Waals surface area (Å²) in [6, 6.07) is 0. The van der Waals surface area contributed by atoms with Crippen LogP contribution in [0.1, 0.15) is 25.7 Å². The summed E-state index contributed by atoms with van der Waals surface area (Å²) >= 11 is 0. The Bertz CT molecular complexity index is 171. The van der Waals surface area contributed by atoms with Crippen molar-refractivity contribution in [1.82, 2.24) is 0 Å². The van der Waals surface area contributed by atoms with E-state index in [-0.39, 0.29) is 0 Å². The van der Waals surface area contributed by atoms with E-state index in [0.717, 1.165) is 12.8 Å². The largest absolute Gasteiger partial charge is 0.477 e. The molecule has 0 aliphatic heterocycles. The van der Waals surface area contributed by atoms with Gasteiger partial charge >= 0.3 is 5.97 Å². The number of carbonyl (C=O) groups is 1. The number of aliphatic hydroxyl groups excluding tert-OH is 1. The molecule has 0 aromatic heterocycles. The molecular weight excluding hydrogens is 146 g/mol. The predicted octanol–water partition coefficient (Wildman–Crippen LogP) is -1.01. The van der Waals surface area contributed by atoms with Crippen LogP contribution in [0.2, 0.25) is 0 Å². The van der Waals surface area contributed by atoms with Gasteiger partial charge in [0.15, 0.2) is 0 Å². The number of aliphatic carboxylic acids is 1. The fourth-order valence-corrected chi connectivity index (χ4v) is 1.47. The minimum atomic E-state index is -1.14. The minimum Gasteiger partial charge on any atom is -0.477 e. The Labute approximate surface area is 65.0 Å². The molecule has 4 heteroatoms. The zero-order valence-electron chi connectivity index (χ0n) is 6.42. The molecule has 2 atom stereocenters. The Hall–Kier alpha value is -0.610. The highest BCUT2D eigenvalue weighted by Crippen LogP contribution is 2.24. The highest BCUT2D eigenvalue weighted by molar-refractivity contribution is 5.77.